The van der Waals surface area contributed by atoms with Crippen molar-refractivity contribution in [3.8, 4) is 11.6 Å². The number of carbonyl (C=O) groups excluding carboxylic acids is 1. The van der Waals surface area contributed by atoms with Crippen LogP contribution in [-0.2, 0) is 4.79 Å². The summed E-state index contributed by atoms with van der Waals surface area (Å²) in [4.78, 5) is 18.6. The summed E-state index contributed by atoms with van der Waals surface area (Å²) in [5.41, 5.74) is 8.08. The highest BCUT2D eigenvalue weighted by molar-refractivity contribution is 6.37. The van der Waals surface area contributed by atoms with Crippen molar-refractivity contribution in [3.63, 3.8) is 0 Å². The number of hydrogen-bond acceptors (Lipinski definition) is 5. The highest BCUT2D eigenvalue weighted by Gasteiger charge is 2.33. The molecule has 168 valence electrons. The maximum atomic E-state index is 12.3. The molecule has 0 radical (unpaired) electrons. The first-order valence-corrected chi connectivity index (χ1v) is 11.4. The lowest BCUT2D eigenvalue weighted by Gasteiger charge is -2.41. The molecule has 0 spiro atoms. The van der Waals surface area contributed by atoms with E-state index in [1.165, 1.54) is 0 Å². The number of piperidine rings is 1. The Hall–Kier alpha value is -2.02. The van der Waals surface area contributed by atoms with Crippen molar-refractivity contribution < 1.29 is 14.3 Å². The molecule has 1 aromatic heterocycles. The van der Waals surface area contributed by atoms with E-state index in [9.17, 15) is 4.79 Å². The molecule has 0 saturated carbocycles. The van der Waals surface area contributed by atoms with Gasteiger partial charge in [0.05, 0.1) is 16.1 Å². The summed E-state index contributed by atoms with van der Waals surface area (Å²) in [7, 11) is 0. The van der Waals surface area contributed by atoms with Crippen molar-refractivity contribution in [2.45, 2.75) is 45.1 Å². The van der Waals surface area contributed by atoms with Gasteiger partial charge in [0.15, 0.2) is 5.75 Å². The zero-order valence-corrected chi connectivity index (χ0v) is 19.5. The van der Waals surface area contributed by atoms with Crippen molar-refractivity contribution in [1.82, 2.24) is 9.88 Å². The minimum Gasteiger partial charge on any atom is -0.487 e. The summed E-state index contributed by atoms with van der Waals surface area (Å²) in [6.45, 7) is 5.61. The van der Waals surface area contributed by atoms with E-state index in [0.29, 0.717) is 41.2 Å². The van der Waals surface area contributed by atoms with Crippen LogP contribution in [0.5, 0.6) is 11.6 Å². The Balaban J connectivity index is 1.56. The molecular formula is C23H29Cl2N3O3. The van der Waals surface area contributed by atoms with Gasteiger partial charge in [0, 0.05) is 37.7 Å². The van der Waals surface area contributed by atoms with Gasteiger partial charge in [-0.3, -0.25) is 4.79 Å². The maximum absolute atomic E-state index is 12.3. The third-order valence-corrected chi connectivity index (χ3v) is 6.11. The number of benzene rings is 1. The van der Waals surface area contributed by atoms with Crippen LogP contribution in [-0.4, -0.2) is 48.1 Å². The molecule has 2 atom stereocenters. The molecule has 1 amide bonds. The van der Waals surface area contributed by atoms with Crippen LogP contribution < -0.4 is 15.2 Å². The van der Waals surface area contributed by atoms with Crippen molar-refractivity contribution in [2.24, 2.45) is 5.73 Å². The largest absolute Gasteiger partial charge is 0.487 e. The second-order valence-corrected chi connectivity index (χ2v) is 8.49. The topological polar surface area (TPSA) is 77.7 Å². The number of rotatable bonds is 8. The number of aryl methyl sites for hydroxylation is 1. The Bertz CT molecular complexity index is 869. The molecule has 31 heavy (non-hydrogen) atoms. The van der Waals surface area contributed by atoms with Crippen molar-refractivity contribution in [3.05, 3.63) is 51.6 Å². The monoisotopic (exact) mass is 465 g/mol. The molecule has 2 heterocycles. The first-order valence-electron chi connectivity index (χ1n) is 10.6. The fourth-order valence-electron chi connectivity index (χ4n) is 4.06. The smallest absolute Gasteiger partial charge is 0.222 e. The molecular weight excluding hydrogens is 437 g/mol. The minimum atomic E-state index is 0.00664. The number of pyridine rings is 1. The highest BCUT2D eigenvalue weighted by Crippen LogP contribution is 2.34. The van der Waals surface area contributed by atoms with E-state index < -0.39 is 0 Å². The summed E-state index contributed by atoms with van der Waals surface area (Å²) in [5.74, 6) is 1.30. The third-order valence-electron chi connectivity index (χ3n) is 5.55. The number of aromatic nitrogens is 1. The van der Waals surface area contributed by atoms with E-state index in [2.05, 4.69) is 4.98 Å². The average Bonchev–Trinajstić information content (AvgIpc) is 2.77. The van der Waals surface area contributed by atoms with E-state index >= 15 is 0 Å². The molecule has 1 aromatic carbocycles. The lowest BCUT2D eigenvalue weighted by Crippen LogP contribution is -2.51. The lowest BCUT2D eigenvalue weighted by molar-refractivity contribution is -0.134. The van der Waals surface area contributed by atoms with E-state index in [0.717, 1.165) is 30.5 Å². The van der Waals surface area contributed by atoms with Crippen molar-refractivity contribution >= 4 is 29.1 Å². The molecule has 1 aliphatic rings. The number of nitrogens with zero attached hydrogens (tertiary/aromatic N) is 2. The summed E-state index contributed by atoms with van der Waals surface area (Å²) in [6.07, 6.45) is 4.27. The third kappa shape index (κ3) is 5.82. The maximum Gasteiger partial charge on any atom is 0.222 e. The molecule has 6 nitrogen and oxygen atoms in total. The van der Waals surface area contributed by atoms with Gasteiger partial charge in [0.25, 0.3) is 0 Å². The lowest BCUT2D eigenvalue weighted by atomic mass is 9.84. The Morgan fingerprint density at radius 2 is 1.94 bits per heavy atom. The SMILES string of the molecule is CCC(=O)N1CCCC(c2ccc(OCCOc3c(Cl)cc(C)cc3Cl)nc2)C1CN. The minimum absolute atomic E-state index is 0.00664. The molecule has 1 fully saturated rings. The standard InChI is InChI=1S/C23H29Cl2N3O3/c1-3-22(29)28-8-4-5-17(20(28)13-26)16-6-7-21(27-14-16)30-9-10-31-23-18(24)11-15(2)12-19(23)25/h6-7,11-12,14,17,20H,3-5,8-10,13,26H2,1-2H3. The van der Waals surface area contributed by atoms with Crippen molar-refractivity contribution in [2.75, 3.05) is 26.3 Å². The van der Waals surface area contributed by atoms with Crippen LogP contribution in [0.15, 0.2) is 30.5 Å². The van der Waals surface area contributed by atoms with Crippen LogP contribution in [0.1, 0.15) is 43.2 Å². The molecule has 3 rings (SSSR count). The van der Waals surface area contributed by atoms with Crippen LogP contribution in [0.2, 0.25) is 10.0 Å². The van der Waals surface area contributed by atoms with Gasteiger partial charge in [0.2, 0.25) is 11.8 Å². The predicted molar refractivity (Wildman–Crippen MR) is 123 cm³/mol. The Morgan fingerprint density at radius 1 is 1.23 bits per heavy atom. The first kappa shape index (κ1) is 23.6. The Kier molecular flexibility index (Phi) is 8.41. The molecule has 0 bridgehead atoms. The van der Waals surface area contributed by atoms with Crippen LogP contribution >= 0.6 is 23.2 Å². The fourth-order valence-corrected chi connectivity index (χ4v) is 4.77. The normalized spacial score (nSPS) is 18.7. The Labute approximate surface area is 193 Å². The fraction of sp³-hybridized carbons (Fsp3) is 0.478. The summed E-state index contributed by atoms with van der Waals surface area (Å²) >= 11 is 12.4. The van der Waals surface area contributed by atoms with Gasteiger partial charge in [-0.15, -0.1) is 0 Å². The second kappa shape index (κ2) is 11.0. The van der Waals surface area contributed by atoms with Crippen LogP contribution in [0.25, 0.3) is 0 Å². The first-order chi connectivity index (χ1) is 14.9. The van der Waals surface area contributed by atoms with E-state index in [1.54, 1.807) is 12.1 Å². The van der Waals surface area contributed by atoms with Gasteiger partial charge in [0.1, 0.15) is 13.2 Å². The molecule has 1 saturated heterocycles. The number of ether oxygens (including phenoxy) is 2. The van der Waals surface area contributed by atoms with Gasteiger partial charge in [-0.05, 0) is 43.0 Å². The molecule has 0 aliphatic carbocycles. The summed E-state index contributed by atoms with van der Waals surface area (Å²) < 4.78 is 11.4. The van der Waals surface area contributed by atoms with Crippen LogP contribution in [0.3, 0.4) is 0 Å². The average molecular weight is 466 g/mol. The molecule has 2 unspecified atom stereocenters. The van der Waals surface area contributed by atoms with Gasteiger partial charge < -0.3 is 20.1 Å². The zero-order chi connectivity index (χ0) is 22.4. The number of nitrogens with two attached hydrogens (primary N) is 1. The van der Waals surface area contributed by atoms with Gasteiger partial charge in [-0.2, -0.15) is 0 Å². The van der Waals surface area contributed by atoms with E-state index in [4.69, 9.17) is 38.4 Å². The summed E-state index contributed by atoms with van der Waals surface area (Å²) in [6, 6.07) is 7.46. The van der Waals surface area contributed by atoms with Crippen LogP contribution in [0, 0.1) is 6.92 Å². The number of halogens is 2. The summed E-state index contributed by atoms with van der Waals surface area (Å²) in [5, 5.41) is 0.954. The number of likely N-dealkylation sites (tertiary alicyclic amines) is 1. The second-order valence-electron chi connectivity index (χ2n) is 7.68. The number of hydrogen-bond donors (Lipinski definition) is 1. The van der Waals surface area contributed by atoms with E-state index in [1.807, 2.05) is 37.1 Å². The van der Waals surface area contributed by atoms with Crippen LogP contribution in [0.4, 0.5) is 0 Å². The quantitative estimate of drug-likeness (QED) is 0.576. The van der Waals surface area contributed by atoms with Gasteiger partial charge >= 0.3 is 0 Å². The van der Waals surface area contributed by atoms with Crippen molar-refractivity contribution in [1.29, 1.82) is 0 Å². The molecule has 2 aromatic rings. The highest BCUT2D eigenvalue weighted by atomic mass is 35.5. The predicted octanol–water partition coefficient (Wildman–Crippen LogP) is 4.60. The molecule has 8 heteroatoms. The Morgan fingerprint density at radius 3 is 2.55 bits per heavy atom. The van der Waals surface area contributed by atoms with Gasteiger partial charge in [-0.1, -0.05) is 36.2 Å². The molecule has 1 aliphatic heterocycles. The van der Waals surface area contributed by atoms with E-state index in [-0.39, 0.29) is 24.5 Å². The van der Waals surface area contributed by atoms with Gasteiger partial charge in [-0.25, -0.2) is 4.98 Å². The zero-order valence-electron chi connectivity index (χ0n) is 17.9. The molecule has 2 N–H and O–H groups in total. The number of carbonyl (C=O) groups is 1. The number of amides is 1.